The first-order valence-corrected chi connectivity index (χ1v) is 6.03. The van der Waals surface area contributed by atoms with Crippen molar-refractivity contribution in [2.75, 3.05) is 0 Å². The zero-order chi connectivity index (χ0) is 14.0. The summed E-state index contributed by atoms with van der Waals surface area (Å²) in [7, 11) is 0. The van der Waals surface area contributed by atoms with Crippen molar-refractivity contribution in [3.05, 3.63) is 70.3 Å². The van der Waals surface area contributed by atoms with Crippen molar-refractivity contribution in [2.24, 2.45) is 0 Å². The molecule has 0 aliphatic carbocycles. The summed E-state index contributed by atoms with van der Waals surface area (Å²) >= 11 is 0. The van der Waals surface area contributed by atoms with Gasteiger partial charge < -0.3 is 0 Å². The first kappa shape index (κ1) is 13.4. The summed E-state index contributed by atoms with van der Waals surface area (Å²) in [5, 5.41) is 0. The molecule has 2 aromatic carbocycles. The molecule has 0 amide bonds. The van der Waals surface area contributed by atoms with E-state index in [2.05, 4.69) is 0 Å². The quantitative estimate of drug-likeness (QED) is 0.762. The topological polar surface area (TPSA) is 17.1 Å². The van der Waals surface area contributed by atoms with E-state index in [1.165, 1.54) is 6.07 Å². The molecule has 3 heteroatoms. The molecule has 0 unspecified atom stereocenters. The predicted octanol–water partition coefficient (Wildman–Crippen LogP) is 4.01. The van der Waals surface area contributed by atoms with E-state index in [0.29, 0.717) is 5.56 Å². The van der Waals surface area contributed by atoms with Crippen LogP contribution < -0.4 is 0 Å². The molecule has 0 heterocycles. The third-order valence-corrected chi connectivity index (χ3v) is 3.16. The summed E-state index contributed by atoms with van der Waals surface area (Å²) in [6, 6.07) is 9.10. The lowest BCUT2D eigenvalue weighted by Crippen LogP contribution is -2.10. The van der Waals surface area contributed by atoms with Crippen LogP contribution in [0.2, 0.25) is 0 Å². The zero-order valence-corrected chi connectivity index (χ0v) is 10.8. The van der Waals surface area contributed by atoms with Gasteiger partial charge in [-0.15, -0.1) is 0 Å². The maximum atomic E-state index is 13.5. The Balaban J connectivity index is 2.37. The average molecular weight is 260 g/mol. The highest BCUT2D eigenvalue weighted by Gasteiger charge is 2.17. The maximum absolute atomic E-state index is 13.5. The van der Waals surface area contributed by atoms with Crippen molar-refractivity contribution >= 4 is 5.78 Å². The van der Waals surface area contributed by atoms with Crippen LogP contribution in [0.1, 0.15) is 27.0 Å². The molecule has 98 valence electrons. The maximum Gasteiger partial charge on any atom is 0.167 e. The van der Waals surface area contributed by atoms with E-state index in [1.54, 1.807) is 0 Å². The van der Waals surface area contributed by atoms with E-state index in [-0.39, 0.29) is 17.8 Å². The van der Waals surface area contributed by atoms with Crippen molar-refractivity contribution in [3.8, 4) is 0 Å². The number of halogens is 2. The molecule has 1 nitrogen and oxygen atoms in total. The van der Waals surface area contributed by atoms with Gasteiger partial charge in [0, 0.05) is 17.5 Å². The fourth-order valence-electron chi connectivity index (χ4n) is 2.20. The van der Waals surface area contributed by atoms with Crippen LogP contribution in [0.3, 0.4) is 0 Å². The predicted molar refractivity (Wildman–Crippen MR) is 70.3 cm³/mol. The lowest BCUT2D eigenvalue weighted by Gasteiger charge is -2.09. The van der Waals surface area contributed by atoms with Crippen LogP contribution in [-0.2, 0) is 6.42 Å². The summed E-state index contributed by atoms with van der Waals surface area (Å²) in [4.78, 5) is 12.2. The van der Waals surface area contributed by atoms with Crippen molar-refractivity contribution in [1.29, 1.82) is 0 Å². The number of carbonyl (C=O) groups is 1. The second-order valence-corrected chi connectivity index (χ2v) is 4.57. The molecule has 0 saturated heterocycles. The molecule has 2 aromatic rings. The van der Waals surface area contributed by atoms with Gasteiger partial charge in [0.1, 0.15) is 11.6 Å². The molecular weight excluding hydrogens is 246 g/mol. The number of ketones is 1. The van der Waals surface area contributed by atoms with Crippen LogP contribution in [0.25, 0.3) is 0 Å². The molecule has 0 radical (unpaired) electrons. The van der Waals surface area contributed by atoms with Crippen molar-refractivity contribution in [2.45, 2.75) is 20.3 Å². The van der Waals surface area contributed by atoms with Gasteiger partial charge >= 0.3 is 0 Å². The van der Waals surface area contributed by atoms with Gasteiger partial charge in [-0.2, -0.15) is 0 Å². The standard InChI is InChI=1S/C16H14F2O/c1-10-5-3-6-11(2)16(10)15(19)9-12-13(17)7-4-8-14(12)18/h3-8H,9H2,1-2H3. The van der Waals surface area contributed by atoms with Crippen LogP contribution in [0, 0.1) is 25.5 Å². The molecule has 0 aliphatic rings. The zero-order valence-electron chi connectivity index (χ0n) is 10.8. The monoisotopic (exact) mass is 260 g/mol. The minimum Gasteiger partial charge on any atom is -0.294 e. The van der Waals surface area contributed by atoms with E-state index in [1.807, 2.05) is 32.0 Å². The Morgan fingerprint density at radius 1 is 0.947 bits per heavy atom. The highest BCUT2D eigenvalue weighted by atomic mass is 19.1. The molecule has 0 aromatic heterocycles. The SMILES string of the molecule is Cc1cccc(C)c1C(=O)Cc1c(F)cccc1F. The van der Waals surface area contributed by atoms with Crippen LogP contribution in [-0.4, -0.2) is 5.78 Å². The van der Waals surface area contributed by atoms with E-state index >= 15 is 0 Å². The Labute approximate surface area is 110 Å². The van der Waals surface area contributed by atoms with Gasteiger partial charge in [0.25, 0.3) is 0 Å². The van der Waals surface area contributed by atoms with Crippen LogP contribution in [0.15, 0.2) is 36.4 Å². The lowest BCUT2D eigenvalue weighted by molar-refractivity contribution is 0.0989. The number of hydrogen-bond donors (Lipinski definition) is 0. The third kappa shape index (κ3) is 2.70. The first-order valence-electron chi connectivity index (χ1n) is 6.03. The summed E-state index contributed by atoms with van der Waals surface area (Å²) in [6.07, 6.45) is -0.260. The normalized spacial score (nSPS) is 10.5. The molecule has 0 saturated carbocycles. The summed E-state index contributed by atoms with van der Waals surface area (Å²) in [5.41, 5.74) is 2.02. The van der Waals surface area contributed by atoms with E-state index < -0.39 is 11.6 Å². The minimum atomic E-state index is -0.681. The molecule has 0 spiro atoms. The number of benzene rings is 2. The van der Waals surface area contributed by atoms with Gasteiger partial charge in [0.2, 0.25) is 0 Å². The Bertz CT molecular complexity index is 592. The fraction of sp³-hybridized carbons (Fsp3) is 0.188. The van der Waals surface area contributed by atoms with Crippen molar-refractivity contribution in [3.63, 3.8) is 0 Å². The van der Waals surface area contributed by atoms with E-state index in [4.69, 9.17) is 0 Å². The van der Waals surface area contributed by atoms with Gasteiger partial charge in [-0.3, -0.25) is 4.79 Å². The van der Waals surface area contributed by atoms with Crippen molar-refractivity contribution in [1.82, 2.24) is 0 Å². The number of aryl methyl sites for hydroxylation is 2. The average Bonchev–Trinajstić information content (AvgIpc) is 2.34. The molecule has 19 heavy (non-hydrogen) atoms. The highest BCUT2D eigenvalue weighted by Crippen LogP contribution is 2.19. The summed E-state index contributed by atoms with van der Waals surface area (Å²) in [6.45, 7) is 3.63. The summed E-state index contributed by atoms with van der Waals surface area (Å²) in [5.74, 6) is -1.63. The largest absolute Gasteiger partial charge is 0.294 e. The smallest absolute Gasteiger partial charge is 0.167 e. The number of rotatable bonds is 3. The molecule has 0 atom stereocenters. The van der Waals surface area contributed by atoms with Gasteiger partial charge in [-0.05, 0) is 37.1 Å². The van der Waals surface area contributed by atoms with Crippen LogP contribution in [0.4, 0.5) is 8.78 Å². The molecule has 0 N–H and O–H groups in total. The molecule has 0 bridgehead atoms. The lowest BCUT2D eigenvalue weighted by atomic mass is 9.95. The Hall–Kier alpha value is -2.03. The Morgan fingerprint density at radius 3 is 1.95 bits per heavy atom. The molecular formula is C16H14F2O. The Kier molecular flexibility index (Phi) is 3.74. The van der Waals surface area contributed by atoms with Gasteiger partial charge in [0.05, 0.1) is 0 Å². The summed E-state index contributed by atoms with van der Waals surface area (Å²) < 4.78 is 27.1. The molecule has 2 rings (SSSR count). The van der Waals surface area contributed by atoms with E-state index in [9.17, 15) is 13.6 Å². The van der Waals surface area contributed by atoms with E-state index in [0.717, 1.165) is 23.3 Å². The van der Waals surface area contributed by atoms with Crippen LogP contribution in [0.5, 0.6) is 0 Å². The van der Waals surface area contributed by atoms with Crippen molar-refractivity contribution < 1.29 is 13.6 Å². The van der Waals surface area contributed by atoms with Gasteiger partial charge in [-0.25, -0.2) is 8.78 Å². The molecule has 0 aliphatic heterocycles. The second kappa shape index (κ2) is 5.31. The molecule has 0 fully saturated rings. The van der Waals surface area contributed by atoms with Gasteiger partial charge in [0.15, 0.2) is 5.78 Å². The highest BCUT2D eigenvalue weighted by molar-refractivity contribution is 6.00. The fourth-order valence-corrected chi connectivity index (χ4v) is 2.20. The first-order chi connectivity index (χ1) is 9.00. The number of hydrogen-bond acceptors (Lipinski definition) is 1. The third-order valence-electron chi connectivity index (χ3n) is 3.16. The second-order valence-electron chi connectivity index (χ2n) is 4.57. The Morgan fingerprint density at radius 2 is 1.42 bits per heavy atom. The number of Topliss-reactive ketones (excluding diaryl/α,β-unsaturated/α-hetero) is 1. The number of carbonyl (C=O) groups excluding carboxylic acids is 1. The minimum absolute atomic E-state index is 0.171. The van der Waals surface area contributed by atoms with Crippen LogP contribution >= 0.6 is 0 Å². The van der Waals surface area contributed by atoms with Gasteiger partial charge in [-0.1, -0.05) is 24.3 Å².